The number of amides is 1. The van der Waals surface area contributed by atoms with Crippen molar-refractivity contribution in [3.05, 3.63) is 63.9 Å². The van der Waals surface area contributed by atoms with Crippen LogP contribution in [0.25, 0.3) is 11.0 Å². The number of rotatable bonds is 2. The van der Waals surface area contributed by atoms with Crippen LogP contribution in [0.4, 0.5) is 5.69 Å². The highest BCUT2D eigenvalue weighted by Gasteiger charge is 2.27. The number of piperazine rings is 1. The minimum absolute atomic E-state index is 0.0234. The number of hydrogen-bond acceptors (Lipinski definition) is 3. The van der Waals surface area contributed by atoms with Crippen LogP contribution in [0.15, 0.2) is 40.8 Å². The maximum Gasteiger partial charge on any atom is 0.290 e. The normalized spacial score (nSPS) is 14.8. The Bertz CT molecular complexity index is 1020. The molecule has 0 unspecified atom stereocenters. The molecule has 0 N–H and O–H groups in total. The lowest BCUT2D eigenvalue weighted by Crippen LogP contribution is -2.48. The van der Waals surface area contributed by atoms with Crippen LogP contribution >= 0.6 is 11.6 Å². The molecule has 1 aromatic heterocycles. The fourth-order valence-corrected chi connectivity index (χ4v) is 3.85. The van der Waals surface area contributed by atoms with Gasteiger partial charge in [-0.1, -0.05) is 17.7 Å². The van der Waals surface area contributed by atoms with Gasteiger partial charge in [-0.3, -0.25) is 4.79 Å². The summed E-state index contributed by atoms with van der Waals surface area (Å²) in [6.45, 7) is 9.00. The van der Waals surface area contributed by atoms with Gasteiger partial charge in [0.1, 0.15) is 5.58 Å². The van der Waals surface area contributed by atoms with Crippen molar-refractivity contribution >= 4 is 34.2 Å². The molecule has 1 fully saturated rings. The predicted molar refractivity (Wildman–Crippen MR) is 110 cm³/mol. The number of fused-ring (bicyclic) bond motifs is 1. The number of carbonyl (C=O) groups is 1. The lowest BCUT2D eigenvalue weighted by Gasteiger charge is -2.35. The van der Waals surface area contributed by atoms with Crippen LogP contribution in [0, 0.1) is 20.8 Å². The summed E-state index contributed by atoms with van der Waals surface area (Å²) in [5.74, 6) is 0.441. The van der Waals surface area contributed by atoms with Crippen molar-refractivity contribution in [1.82, 2.24) is 4.90 Å². The Morgan fingerprint density at radius 3 is 2.41 bits per heavy atom. The first kappa shape index (κ1) is 17.9. The molecule has 0 saturated carbocycles. The van der Waals surface area contributed by atoms with Gasteiger partial charge in [0.05, 0.1) is 0 Å². The first-order valence-electron chi connectivity index (χ1n) is 9.24. The van der Waals surface area contributed by atoms with Crippen molar-refractivity contribution in [3.63, 3.8) is 0 Å². The van der Waals surface area contributed by atoms with Gasteiger partial charge in [-0.25, -0.2) is 0 Å². The third-order valence-electron chi connectivity index (χ3n) is 5.49. The maximum absolute atomic E-state index is 13.0. The lowest BCUT2D eigenvalue weighted by atomic mass is 10.0. The van der Waals surface area contributed by atoms with Crippen LogP contribution in [0.3, 0.4) is 0 Å². The zero-order valence-corrected chi connectivity index (χ0v) is 16.6. The molecule has 27 heavy (non-hydrogen) atoms. The van der Waals surface area contributed by atoms with E-state index in [4.69, 9.17) is 16.0 Å². The molecule has 0 radical (unpaired) electrons. The Morgan fingerprint density at radius 2 is 1.70 bits per heavy atom. The number of furan rings is 1. The number of hydrogen-bond donors (Lipinski definition) is 0. The van der Waals surface area contributed by atoms with E-state index in [-0.39, 0.29) is 5.91 Å². The second-order valence-corrected chi connectivity index (χ2v) is 7.68. The summed E-state index contributed by atoms with van der Waals surface area (Å²) in [4.78, 5) is 17.2. The van der Waals surface area contributed by atoms with Gasteiger partial charge >= 0.3 is 0 Å². The van der Waals surface area contributed by atoms with E-state index in [9.17, 15) is 4.79 Å². The third kappa shape index (κ3) is 3.30. The standard InChI is InChI=1S/C22H23ClN2O2/c1-14-11-19-16(3)21(27-20(19)12-15(14)2)22(26)25-9-7-24(8-10-25)18-6-4-5-17(23)13-18/h4-6,11-13H,7-10H2,1-3H3. The van der Waals surface area contributed by atoms with Gasteiger partial charge in [0, 0.05) is 47.8 Å². The summed E-state index contributed by atoms with van der Waals surface area (Å²) >= 11 is 6.10. The number of halogens is 1. The minimum atomic E-state index is -0.0234. The van der Waals surface area contributed by atoms with Gasteiger partial charge in [0.25, 0.3) is 5.91 Å². The Hall–Kier alpha value is -2.46. The molecule has 4 nitrogen and oxygen atoms in total. The van der Waals surface area contributed by atoms with Crippen LogP contribution in [0.2, 0.25) is 5.02 Å². The average Bonchev–Trinajstić information content (AvgIpc) is 2.97. The van der Waals surface area contributed by atoms with Crippen molar-refractivity contribution in [1.29, 1.82) is 0 Å². The van der Waals surface area contributed by atoms with Crippen LogP contribution < -0.4 is 4.90 Å². The van der Waals surface area contributed by atoms with E-state index in [0.717, 1.165) is 40.3 Å². The van der Waals surface area contributed by atoms with Crippen LogP contribution in [0.1, 0.15) is 27.2 Å². The number of benzene rings is 2. The lowest BCUT2D eigenvalue weighted by molar-refractivity contribution is 0.0716. The maximum atomic E-state index is 13.0. The van der Waals surface area contributed by atoms with Crippen LogP contribution in [-0.4, -0.2) is 37.0 Å². The SMILES string of the molecule is Cc1cc2oc(C(=O)N3CCN(c4cccc(Cl)c4)CC3)c(C)c2cc1C. The molecule has 2 aromatic carbocycles. The molecule has 1 amide bonds. The largest absolute Gasteiger partial charge is 0.451 e. The Morgan fingerprint density at radius 1 is 1.00 bits per heavy atom. The molecule has 0 bridgehead atoms. The van der Waals surface area contributed by atoms with Gasteiger partial charge in [-0.05, 0) is 62.2 Å². The zero-order chi connectivity index (χ0) is 19.1. The molecule has 0 spiro atoms. The fourth-order valence-electron chi connectivity index (χ4n) is 3.66. The quantitative estimate of drug-likeness (QED) is 0.627. The van der Waals surface area contributed by atoms with Gasteiger partial charge < -0.3 is 14.2 Å². The summed E-state index contributed by atoms with van der Waals surface area (Å²) in [5.41, 5.74) is 5.19. The monoisotopic (exact) mass is 382 g/mol. The highest BCUT2D eigenvalue weighted by Crippen LogP contribution is 2.29. The summed E-state index contributed by atoms with van der Waals surface area (Å²) in [6, 6.07) is 12.0. The predicted octanol–water partition coefficient (Wildman–Crippen LogP) is 4.97. The van der Waals surface area contributed by atoms with E-state index in [2.05, 4.69) is 30.9 Å². The van der Waals surface area contributed by atoms with Crippen molar-refractivity contribution in [3.8, 4) is 0 Å². The van der Waals surface area contributed by atoms with E-state index in [1.54, 1.807) is 0 Å². The molecule has 0 atom stereocenters. The van der Waals surface area contributed by atoms with Crippen molar-refractivity contribution in [2.75, 3.05) is 31.1 Å². The minimum Gasteiger partial charge on any atom is -0.451 e. The van der Waals surface area contributed by atoms with Gasteiger partial charge in [-0.2, -0.15) is 0 Å². The van der Waals surface area contributed by atoms with Gasteiger partial charge in [-0.15, -0.1) is 0 Å². The highest BCUT2D eigenvalue weighted by atomic mass is 35.5. The number of aryl methyl sites for hydroxylation is 3. The Balaban J connectivity index is 1.53. The molecule has 3 aromatic rings. The van der Waals surface area contributed by atoms with E-state index < -0.39 is 0 Å². The molecular formula is C22H23ClN2O2. The summed E-state index contributed by atoms with van der Waals surface area (Å²) < 4.78 is 5.95. The van der Waals surface area contributed by atoms with E-state index in [1.165, 1.54) is 11.1 Å². The number of carbonyl (C=O) groups excluding carboxylic acids is 1. The van der Waals surface area contributed by atoms with Crippen molar-refractivity contribution in [2.24, 2.45) is 0 Å². The molecule has 140 valence electrons. The van der Waals surface area contributed by atoms with Crippen LogP contribution in [-0.2, 0) is 0 Å². The molecule has 2 heterocycles. The van der Waals surface area contributed by atoms with E-state index in [0.29, 0.717) is 18.8 Å². The first-order chi connectivity index (χ1) is 12.9. The van der Waals surface area contributed by atoms with Gasteiger partial charge in [0.15, 0.2) is 5.76 Å². The molecule has 5 heteroatoms. The molecule has 1 aliphatic rings. The Kier molecular flexibility index (Phi) is 4.60. The summed E-state index contributed by atoms with van der Waals surface area (Å²) in [5, 5.41) is 1.76. The molecule has 0 aliphatic carbocycles. The number of nitrogens with zero attached hydrogens (tertiary/aromatic N) is 2. The molecule has 1 aliphatic heterocycles. The van der Waals surface area contributed by atoms with E-state index in [1.807, 2.05) is 36.1 Å². The zero-order valence-electron chi connectivity index (χ0n) is 15.9. The molecule has 4 rings (SSSR count). The fraction of sp³-hybridized carbons (Fsp3) is 0.318. The summed E-state index contributed by atoms with van der Waals surface area (Å²) in [6.07, 6.45) is 0. The third-order valence-corrected chi connectivity index (χ3v) is 5.72. The van der Waals surface area contributed by atoms with Crippen molar-refractivity contribution < 1.29 is 9.21 Å². The highest BCUT2D eigenvalue weighted by molar-refractivity contribution is 6.30. The van der Waals surface area contributed by atoms with Crippen molar-refractivity contribution in [2.45, 2.75) is 20.8 Å². The molecular weight excluding hydrogens is 360 g/mol. The Labute approximate surface area is 164 Å². The van der Waals surface area contributed by atoms with Gasteiger partial charge in [0.2, 0.25) is 0 Å². The smallest absolute Gasteiger partial charge is 0.290 e. The van der Waals surface area contributed by atoms with E-state index >= 15 is 0 Å². The topological polar surface area (TPSA) is 36.7 Å². The number of anilines is 1. The second kappa shape index (κ2) is 6.93. The summed E-state index contributed by atoms with van der Waals surface area (Å²) in [7, 11) is 0. The first-order valence-corrected chi connectivity index (χ1v) is 9.62. The average molecular weight is 383 g/mol. The second-order valence-electron chi connectivity index (χ2n) is 7.25. The van der Waals surface area contributed by atoms with Crippen LogP contribution in [0.5, 0.6) is 0 Å². The molecule has 1 saturated heterocycles.